The number of carbonyl (C=O) groups is 1. The van der Waals surface area contributed by atoms with Gasteiger partial charge in [-0.05, 0) is 43.3 Å². The lowest BCUT2D eigenvalue weighted by atomic mass is 10.1. The first kappa shape index (κ1) is 19.6. The lowest BCUT2D eigenvalue weighted by Gasteiger charge is -2.26. The van der Waals surface area contributed by atoms with E-state index in [0.717, 1.165) is 11.0 Å². The average Bonchev–Trinajstić information content (AvgIpc) is 3.19. The molecule has 152 valence electrons. The molecule has 1 aliphatic heterocycles. The molecule has 0 spiro atoms. The van der Waals surface area contributed by atoms with Crippen molar-refractivity contribution in [2.45, 2.75) is 17.9 Å². The van der Waals surface area contributed by atoms with Gasteiger partial charge in [-0.25, -0.2) is 8.42 Å². The smallest absolute Gasteiger partial charge is 0.251 e. The Kier molecular flexibility index (Phi) is 5.40. The molecular weight excluding hydrogens is 392 g/mol. The van der Waals surface area contributed by atoms with Gasteiger partial charge in [0.25, 0.3) is 5.91 Å². The van der Waals surface area contributed by atoms with E-state index in [1.807, 2.05) is 37.3 Å². The minimum absolute atomic E-state index is 0.168. The molecule has 0 aliphatic carbocycles. The number of sulfonamides is 1. The van der Waals surface area contributed by atoms with Crippen molar-refractivity contribution in [3.63, 3.8) is 0 Å². The van der Waals surface area contributed by atoms with Crippen LogP contribution in [0.4, 0.5) is 0 Å². The Hall–Kier alpha value is -2.68. The highest BCUT2D eigenvalue weighted by Gasteiger charge is 2.26. The van der Waals surface area contributed by atoms with E-state index in [2.05, 4.69) is 5.32 Å². The summed E-state index contributed by atoms with van der Waals surface area (Å²) in [5, 5.41) is 3.86. The molecule has 1 aliphatic rings. The molecule has 0 radical (unpaired) electrons. The van der Waals surface area contributed by atoms with E-state index in [1.165, 1.54) is 28.6 Å². The number of fused-ring (bicyclic) bond motifs is 1. The summed E-state index contributed by atoms with van der Waals surface area (Å²) in [6, 6.07) is 15.2. The lowest BCUT2D eigenvalue weighted by molar-refractivity contribution is 0.0730. The quantitative estimate of drug-likeness (QED) is 0.693. The zero-order chi connectivity index (χ0) is 20.4. The van der Waals surface area contributed by atoms with Crippen LogP contribution in [0.15, 0.2) is 63.9 Å². The van der Waals surface area contributed by atoms with Gasteiger partial charge in [-0.15, -0.1) is 0 Å². The zero-order valence-corrected chi connectivity index (χ0v) is 16.8. The van der Waals surface area contributed by atoms with Gasteiger partial charge >= 0.3 is 0 Å². The summed E-state index contributed by atoms with van der Waals surface area (Å²) in [5.41, 5.74) is 1.15. The monoisotopic (exact) mass is 414 g/mol. The maximum Gasteiger partial charge on any atom is 0.251 e. The molecule has 1 N–H and O–H groups in total. The van der Waals surface area contributed by atoms with Crippen LogP contribution in [0.2, 0.25) is 0 Å². The van der Waals surface area contributed by atoms with Gasteiger partial charge in [0.15, 0.2) is 0 Å². The van der Waals surface area contributed by atoms with Gasteiger partial charge in [-0.1, -0.05) is 18.2 Å². The first-order chi connectivity index (χ1) is 13.9. The van der Waals surface area contributed by atoms with Crippen LogP contribution >= 0.6 is 0 Å². The molecule has 1 saturated heterocycles. The number of hydrogen-bond acceptors (Lipinski definition) is 5. The summed E-state index contributed by atoms with van der Waals surface area (Å²) in [4.78, 5) is 12.7. The van der Waals surface area contributed by atoms with Crippen LogP contribution < -0.4 is 5.32 Å². The molecule has 29 heavy (non-hydrogen) atoms. The second-order valence-corrected chi connectivity index (χ2v) is 8.86. The van der Waals surface area contributed by atoms with Crippen molar-refractivity contribution in [1.29, 1.82) is 0 Å². The molecule has 4 rings (SSSR count). The summed E-state index contributed by atoms with van der Waals surface area (Å²) in [6.45, 7) is 3.28. The summed E-state index contributed by atoms with van der Waals surface area (Å²) in [5.74, 6) is 0.361. The number of morpholine rings is 1. The second kappa shape index (κ2) is 7.98. The van der Waals surface area contributed by atoms with Crippen LogP contribution in [0.5, 0.6) is 0 Å². The molecule has 3 aromatic rings. The first-order valence-electron chi connectivity index (χ1n) is 9.42. The summed E-state index contributed by atoms with van der Waals surface area (Å²) in [6.07, 6.45) is 0. The number of amides is 1. The standard InChI is InChI=1S/C21H22N2O5S/c1-15(20-14-17-4-2-3-5-19(17)28-20)22-21(24)16-6-8-18(9-7-16)29(25,26)23-10-12-27-13-11-23/h2-9,14-15H,10-13H2,1H3,(H,22,24)/t15-/m0/s1. The minimum Gasteiger partial charge on any atom is -0.459 e. The fourth-order valence-corrected chi connectivity index (χ4v) is 4.69. The first-order valence-corrected chi connectivity index (χ1v) is 10.9. The van der Waals surface area contributed by atoms with Gasteiger partial charge in [0, 0.05) is 24.0 Å². The molecule has 2 aromatic carbocycles. The zero-order valence-electron chi connectivity index (χ0n) is 16.0. The molecule has 1 fully saturated rings. The van der Waals surface area contributed by atoms with Crippen molar-refractivity contribution in [1.82, 2.24) is 9.62 Å². The summed E-state index contributed by atoms with van der Waals surface area (Å²) < 4.78 is 37.7. The van der Waals surface area contributed by atoms with Crippen LogP contribution in [-0.4, -0.2) is 44.9 Å². The number of para-hydroxylation sites is 1. The molecule has 1 atom stereocenters. The Bertz CT molecular complexity index is 1080. The van der Waals surface area contributed by atoms with Gasteiger partial charge in [0.1, 0.15) is 11.3 Å². The number of ether oxygens (including phenoxy) is 1. The number of nitrogens with zero attached hydrogens (tertiary/aromatic N) is 1. The van der Waals surface area contributed by atoms with E-state index < -0.39 is 10.0 Å². The number of nitrogens with one attached hydrogen (secondary N) is 1. The van der Waals surface area contributed by atoms with E-state index in [1.54, 1.807) is 0 Å². The Morgan fingerprint density at radius 2 is 1.76 bits per heavy atom. The fourth-order valence-electron chi connectivity index (χ4n) is 3.28. The normalized spacial score (nSPS) is 16.6. The predicted molar refractivity (Wildman–Crippen MR) is 108 cm³/mol. The Balaban J connectivity index is 1.46. The Morgan fingerprint density at radius 3 is 2.45 bits per heavy atom. The lowest BCUT2D eigenvalue weighted by Crippen LogP contribution is -2.40. The Labute approximate surface area is 169 Å². The number of hydrogen-bond donors (Lipinski definition) is 1. The van der Waals surface area contributed by atoms with Crippen molar-refractivity contribution in [3.8, 4) is 0 Å². The maximum atomic E-state index is 12.7. The van der Waals surface area contributed by atoms with E-state index in [-0.39, 0.29) is 16.8 Å². The highest BCUT2D eigenvalue weighted by Crippen LogP contribution is 2.24. The van der Waals surface area contributed by atoms with Gasteiger partial charge in [-0.2, -0.15) is 4.31 Å². The van der Waals surface area contributed by atoms with Crippen molar-refractivity contribution in [2.75, 3.05) is 26.3 Å². The van der Waals surface area contributed by atoms with E-state index in [4.69, 9.17) is 9.15 Å². The van der Waals surface area contributed by atoms with Crippen LogP contribution in [0, 0.1) is 0 Å². The molecule has 0 bridgehead atoms. The molecule has 1 amide bonds. The topological polar surface area (TPSA) is 88.9 Å². The van der Waals surface area contributed by atoms with Gasteiger partial charge in [0.2, 0.25) is 10.0 Å². The number of carbonyl (C=O) groups excluding carboxylic acids is 1. The van der Waals surface area contributed by atoms with Crippen molar-refractivity contribution >= 4 is 26.9 Å². The second-order valence-electron chi connectivity index (χ2n) is 6.92. The van der Waals surface area contributed by atoms with Crippen LogP contribution in [-0.2, 0) is 14.8 Å². The van der Waals surface area contributed by atoms with Crippen molar-refractivity contribution in [2.24, 2.45) is 0 Å². The van der Waals surface area contributed by atoms with Gasteiger partial charge in [-0.3, -0.25) is 4.79 Å². The summed E-state index contributed by atoms with van der Waals surface area (Å²) in [7, 11) is -3.58. The molecular formula is C21H22N2O5S. The SMILES string of the molecule is C[C@H](NC(=O)c1ccc(S(=O)(=O)N2CCOCC2)cc1)c1cc2ccccc2o1. The van der Waals surface area contributed by atoms with E-state index >= 15 is 0 Å². The molecule has 0 unspecified atom stereocenters. The minimum atomic E-state index is -3.58. The van der Waals surface area contributed by atoms with E-state index in [0.29, 0.717) is 37.6 Å². The fraction of sp³-hybridized carbons (Fsp3) is 0.286. The van der Waals surface area contributed by atoms with Gasteiger partial charge in [0.05, 0.1) is 24.2 Å². The molecule has 7 nitrogen and oxygen atoms in total. The predicted octanol–water partition coefficient (Wildman–Crippen LogP) is 2.94. The third kappa shape index (κ3) is 4.05. The average molecular weight is 414 g/mol. The van der Waals surface area contributed by atoms with Crippen molar-refractivity contribution in [3.05, 3.63) is 65.9 Å². The van der Waals surface area contributed by atoms with Crippen LogP contribution in [0.3, 0.4) is 0 Å². The molecule has 1 aromatic heterocycles. The third-order valence-electron chi connectivity index (χ3n) is 4.94. The Morgan fingerprint density at radius 1 is 1.07 bits per heavy atom. The number of benzene rings is 2. The maximum absolute atomic E-state index is 12.7. The number of furan rings is 1. The molecule has 0 saturated carbocycles. The highest BCUT2D eigenvalue weighted by atomic mass is 32.2. The largest absolute Gasteiger partial charge is 0.459 e. The highest BCUT2D eigenvalue weighted by molar-refractivity contribution is 7.89. The molecule has 8 heteroatoms. The number of rotatable bonds is 5. The van der Waals surface area contributed by atoms with E-state index in [9.17, 15) is 13.2 Å². The third-order valence-corrected chi connectivity index (χ3v) is 6.86. The molecule has 2 heterocycles. The van der Waals surface area contributed by atoms with Crippen LogP contribution in [0.25, 0.3) is 11.0 Å². The van der Waals surface area contributed by atoms with Gasteiger partial charge < -0.3 is 14.5 Å². The van der Waals surface area contributed by atoms with Crippen molar-refractivity contribution < 1.29 is 22.4 Å². The van der Waals surface area contributed by atoms with Crippen LogP contribution in [0.1, 0.15) is 29.1 Å². The summed E-state index contributed by atoms with van der Waals surface area (Å²) >= 11 is 0.